The Morgan fingerprint density at radius 1 is 1.31 bits per heavy atom. The summed E-state index contributed by atoms with van der Waals surface area (Å²) in [6.07, 6.45) is 3.16. The van der Waals surface area contributed by atoms with Crippen LogP contribution in [0.4, 0.5) is 0 Å². The number of carbonyl (C=O) groups is 1. The summed E-state index contributed by atoms with van der Waals surface area (Å²) >= 11 is 0. The number of carboxylic acid groups (broad SMARTS) is 1. The van der Waals surface area contributed by atoms with Crippen molar-refractivity contribution in [2.24, 2.45) is 0 Å². The summed E-state index contributed by atoms with van der Waals surface area (Å²) in [6.45, 7) is 2.11. The summed E-state index contributed by atoms with van der Waals surface area (Å²) in [5.74, 6) is -1.02. The number of ether oxygens (including phenoxy) is 1. The van der Waals surface area contributed by atoms with Crippen molar-refractivity contribution in [2.75, 3.05) is 20.0 Å². The van der Waals surface area contributed by atoms with Gasteiger partial charge in [-0.25, -0.2) is 14.6 Å². The van der Waals surface area contributed by atoms with Crippen LogP contribution in [0.1, 0.15) is 26.2 Å². The molecule has 5 heteroatoms. The molecule has 0 aliphatic rings. The Morgan fingerprint density at radius 3 is 2.69 bits per heavy atom. The van der Waals surface area contributed by atoms with Gasteiger partial charge in [-0.05, 0) is 6.42 Å². The molecule has 0 fully saturated rings. The molecule has 13 heavy (non-hydrogen) atoms. The Labute approximate surface area is 77.5 Å². The maximum absolute atomic E-state index is 9.95. The quantitative estimate of drug-likeness (QED) is 0.257. The van der Waals surface area contributed by atoms with Crippen LogP contribution in [-0.2, 0) is 19.3 Å². The lowest BCUT2D eigenvalue weighted by atomic mass is 10.3. The molecule has 0 saturated carbocycles. The number of carboxylic acids is 1. The van der Waals surface area contributed by atoms with Crippen molar-refractivity contribution in [1.82, 2.24) is 0 Å². The lowest BCUT2D eigenvalue weighted by molar-refractivity contribution is -0.335. The van der Waals surface area contributed by atoms with Gasteiger partial charge in [0.2, 0.25) is 0 Å². The second-order valence-corrected chi connectivity index (χ2v) is 2.51. The molecule has 0 aromatic heterocycles. The van der Waals surface area contributed by atoms with E-state index in [1.165, 1.54) is 0 Å². The van der Waals surface area contributed by atoms with Gasteiger partial charge in [-0.15, -0.1) is 0 Å². The number of unbranched alkanes of at least 4 members (excludes halogenated alkanes) is 2. The van der Waals surface area contributed by atoms with Crippen molar-refractivity contribution in [3.05, 3.63) is 0 Å². The van der Waals surface area contributed by atoms with Crippen molar-refractivity contribution in [1.29, 1.82) is 0 Å². The second kappa shape index (κ2) is 9.44. The average Bonchev–Trinajstić information content (AvgIpc) is 2.09. The lowest BCUT2D eigenvalue weighted by Crippen LogP contribution is -2.10. The summed E-state index contributed by atoms with van der Waals surface area (Å²) in [4.78, 5) is 19.2. The summed E-state index contributed by atoms with van der Waals surface area (Å²) in [6, 6.07) is 0. The van der Waals surface area contributed by atoms with E-state index >= 15 is 0 Å². The monoisotopic (exact) mass is 192 g/mol. The van der Waals surface area contributed by atoms with E-state index in [0.29, 0.717) is 6.61 Å². The lowest BCUT2D eigenvalue weighted by Gasteiger charge is -2.02. The van der Waals surface area contributed by atoms with Gasteiger partial charge in [0.25, 0.3) is 0 Å². The number of rotatable bonds is 9. The standard InChI is InChI=1S/C8H16O5/c1-2-3-4-5-12-13-7-11-6-8(9)10/h2-7H2,1H3,(H,9,10). The van der Waals surface area contributed by atoms with Crippen LogP contribution in [0.25, 0.3) is 0 Å². The molecule has 0 saturated heterocycles. The zero-order valence-electron chi connectivity index (χ0n) is 7.82. The fourth-order valence-electron chi connectivity index (χ4n) is 0.667. The van der Waals surface area contributed by atoms with Gasteiger partial charge >= 0.3 is 5.97 Å². The van der Waals surface area contributed by atoms with Crippen LogP contribution in [0.2, 0.25) is 0 Å². The number of aliphatic carboxylic acids is 1. The van der Waals surface area contributed by atoms with E-state index in [1.807, 2.05) is 0 Å². The van der Waals surface area contributed by atoms with Crippen LogP contribution >= 0.6 is 0 Å². The van der Waals surface area contributed by atoms with E-state index in [4.69, 9.17) is 9.99 Å². The first-order valence-electron chi connectivity index (χ1n) is 4.31. The second-order valence-electron chi connectivity index (χ2n) is 2.51. The number of hydrogen-bond acceptors (Lipinski definition) is 4. The third-order valence-electron chi connectivity index (χ3n) is 1.27. The van der Waals surface area contributed by atoms with Crippen LogP contribution < -0.4 is 0 Å². The minimum absolute atomic E-state index is 0.140. The summed E-state index contributed by atoms with van der Waals surface area (Å²) in [7, 11) is 0. The third kappa shape index (κ3) is 11.3. The normalized spacial score (nSPS) is 10.2. The molecule has 0 aromatic rings. The van der Waals surface area contributed by atoms with E-state index in [1.54, 1.807) is 0 Å². The Hall–Kier alpha value is -0.650. The molecule has 0 aliphatic heterocycles. The first-order chi connectivity index (χ1) is 6.27. The zero-order chi connectivity index (χ0) is 9.94. The first kappa shape index (κ1) is 12.3. The van der Waals surface area contributed by atoms with Crippen LogP contribution in [0.5, 0.6) is 0 Å². The minimum atomic E-state index is -1.02. The first-order valence-corrected chi connectivity index (χ1v) is 4.31. The highest BCUT2D eigenvalue weighted by molar-refractivity contribution is 5.67. The van der Waals surface area contributed by atoms with Gasteiger partial charge in [-0.1, -0.05) is 19.8 Å². The SMILES string of the molecule is CCCCCOOCOCC(=O)O. The Balaban J connectivity index is 2.87. The molecule has 0 aliphatic carbocycles. The molecule has 0 unspecified atom stereocenters. The van der Waals surface area contributed by atoms with E-state index in [0.717, 1.165) is 19.3 Å². The van der Waals surface area contributed by atoms with Crippen molar-refractivity contribution in [3.63, 3.8) is 0 Å². The van der Waals surface area contributed by atoms with Crippen LogP contribution in [0.15, 0.2) is 0 Å². The van der Waals surface area contributed by atoms with E-state index in [2.05, 4.69) is 16.5 Å². The highest BCUT2D eigenvalue weighted by Gasteiger charge is 1.95. The molecule has 5 nitrogen and oxygen atoms in total. The van der Waals surface area contributed by atoms with Gasteiger partial charge in [0.15, 0.2) is 6.79 Å². The predicted molar refractivity (Wildman–Crippen MR) is 45.0 cm³/mol. The maximum atomic E-state index is 9.95. The molecule has 1 N–H and O–H groups in total. The van der Waals surface area contributed by atoms with E-state index in [-0.39, 0.29) is 13.4 Å². The van der Waals surface area contributed by atoms with Gasteiger partial charge in [0.1, 0.15) is 6.61 Å². The molecule has 0 bridgehead atoms. The molecule has 0 radical (unpaired) electrons. The molecule has 0 atom stereocenters. The van der Waals surface area contributed by atoms with Crippen molar-refractivity contribution >= 4 is 5.97 Å². The molecule has 78 valence electrons. The summed E-state index contributed by atoms with van der Waals surface area (Å²) in [5, 5.41) is 8.16. The Morgan fingerprint density at radius 2 is 2.08 bits per heavy atom. The third-order valence-corrected chi connectivity index (χ3v) is 1.27. The van der Waals surface area contributed by atoms with Crippen molar-refractivity contribution in [2.45, 2.75) is 26.2 Å². The van der Waals surface area contributed by atoms with Crippen LogP contribution in [0.3, 0.4) is 0 Å². The fourth-order valence-corrected chi connectivity index (χ4v) is 0.667. The summed E-state index contributed by atoms with van der Waals surface area (Å²) in [5.41, 5.74) is 0. The fraction of sp³-hybridized carbons (Fsp3) is 0.875. The van der Waals surface area contributed by atoms with Gasteiger partial charge in [0, 0.05) is 0 Å². The van der Waals surface area contributed by atoms with Crippen molar-refractivity contribution < 1.29 is 24.4 Å². The topological polar surface area (TPSA) is 65.0 Å². The molecular formula is C8H16O5. The smallest absolute Gasteiger partial charge is 0.329 e. The van der Waals surface area contributed by atoms with E-state index in [9.17, 15) is 4.79 Å². The van der Waals surface area contributed by atoms with Gasteiger partial charge in [0.05, 0.1) is 6.61 Å². The van der Waals surface area contributed by atoms with Crippen LogP contribution in [-0.4, -0.2) is 31.1 Å². The Bertz CT molecular complexity index is 126. The van der Waals surface area contributed by atoms with Crippen molar-refractivity contribution in [3.8, 4) is 0 Å². The zero-order valence-corrected chi connectivity index (χ0v) is 7.82. The molecule has 0 amide bonds. The highest BCUT2D eigenvalue weighted by atomic mass is 17.2. The summed E-state index contributed by atoms with van der Waals surface area (Å²) < 4.78 is 4.55. The molecule has 0 heterocycles. The van der Waals surface area contributed by atoms with Gasteiger partial charge < -0.3 is 9.84 Å². The minimum Gasteiger partial charge on any atom is -0.480 e. The van der Waals surface area contributed by atoms with Gasteiger partial charge in [-0.2, -0.15) is 0 Å². The molecule has 0 rings (SSSR count). The highest BCUT2D eigenvalue weighted by Crippen LogP contribution is 1.94. The Kier molecular flexibility index (Phi) is 8.97. The van der Waals surface area contributed by atoms with E-state index < -0.39 is 5.97 Å². The average molecular weight is 192 g/mol. The molecule has 0 spiro atoms. The largest absolute Gasteiger partial charge is 0.480 e. The molecule has 0 aromatic carbocycles. The van der Waals surface area contributed by atoms with Gasteiger partial charge in [-0.3, -0.25) is 0 Å². The molecular weight excluding hydrogens is 176 g/mol. The van der Waals surface area contributed by atoms with Crippen LogP contribution in [0, 0.1) is 0 Å². The predicted octanol–water partition coefficient (Wildman–Crippen LogP) is 1.18. The number of hydrogen-bond donors (Lipinski definition) is 1. The maximum Gasteiger partial charge on any atom is 0.329 e.